The van der Waals surface area contributed by atoms with Crippen LogP contribution in [0.5, 0.6) is 0 Å². The molecule has 0 spiro atoms. The predicted octanol–water partition coefficient (Wildman–Crippen LogP) is -0.838. The standard InChI is InChI=1S/C15H18N6O5S2/c1-2-26-20-9(7-5-27-15(17)18-7)11(22)19-10-12(23)21-8(14(24)25)3-6(4-16)28-13(10)21/h3,5-6,10,13H,2,4,16H2,1H3,(H2,17,18)(H,19,22)(H,24,25)/b20-9-/t6?,10?,13-/m1/s1. The van der Waals surface area contributed by atoms with Crippen LogP contribution in [0.4, 0.5) is 5.13 Å². The lowest BCUT2D eigenvalue weighted by atomic mass is 10.0. The number of hydrogen-bond donors (Lipinski definition) is 4. The van der Waals surface area contributed by atoms with Crippen LogP contribution in [-0.2, 0) is 19.2 Å². The van der Waals surface area contributed by atoms with Crippen molar-refractivity contribution in [3.63, 3.8) is 0 Å². The Balaban J connectivity index is 1.79. The van der Waals surface area contributed by atoms with Gasteiger partial charge in [-0.25, -0.2) is 9.78 Å². The normalized spacial score (nSPS) is 24.1. The van der Waals surface area contributed by atoms with Gasteiger partial charge in [0, 0.05) is 17.2 Å². The van der Waals surface area contributed by atoms with Gasteiger partial charge in [-0.2, -0.15) is 0 Å². The molecule has 1 aromatic rings. The summed E-state index contributed by atoms with van der Waals surface area (Å²) in [6.45, 7) is 2.14. The van der Waals surface area contributed by atoms with Gasteiger partial charge in [0.1, 0.15) is 29.4 Å². The molecule has 2 aliphatic heterocycles. The Hall–Kier alpha value is -2.64. The molecular weight excluding hydrogens is 408 g/mol. The SMILES string of the molecule is CCO/N=C(\C(=O)NC1C(=O)N2C(C(=O)O)=CC(CN)S[C@H]12)c1csc(N)n1. The van der Waals surface area contributed by atoms with Crippen LogP contribution in [0, 0.1) is 0 Å². The van der Waals surface area contributed by atoms with Crippen molar-refractivity contribution in [1.29, 1.82) is 0 Å². The molecule has 0 saturated carbocycles. The maximum atomic E-state index is 12.7. The molecule has 3 rings (SSSR count). The number of carboxylic acids is 1. The maximum absolute atomic E-state index is 12.7. The lowest BCUT2D eigenvalue weighted by Crippen LogP contribution is -2.71. The predicted molar refractivity (Wildman–Crippen MR) is 103 cm³/mol. The number of carbonyl (C=O) groups is 3. The fourth-order valence-corrected chi connectivity index (χ4v) is 4.61. The highest BCUT2D eigenvalue weighted by atomic mass is 32.2. The average molecular weight is 426 g/mol. The van der Waals surface area contributed by atoms with Gasteiger partial charge >= 0.3 is 5.97 Å². The Morgan fingerprint density at radius 3 is 2.82 bits per heavy atom. The Bertz CT molecular complexity index is 869. The van der Waals surface area contributed by atoms with E-state index in [0.29, 0.717) is 0 Å². The Morgan fingerprint density at radius 2 is 2.25 bits per heavy atom. The second-order valence-corrected chi connectivity index (χ2v) is 8.00. The molecular formula is C15H18N6O5S2. The van der Waals surface area contributed by atoms with Crippen molar-refractivity contribution in [2.75, 3.05) is 18.9 Å². The van der Waals surface area contributed by atoms with Gasteiger partial charge in [-0.05, 0) is 13.0 Å². The van der Waals surface area contributed by atoms with E-state index < -0.39 is 29.2 Å². The van der Waals surface area contributed by atoms with E-state index in [2.05, 4.69) is 15.5 Å². The minimum absolute atomic E-state index is 0.119. The first kappa shape index (κ1) is 20.1. The summed E-state index contributed by atoms with van der Waals surface area (Å²) in [4.78, 5) is 46.8. The molecule has 150 valence electrons. The van der Waals surface area contributed by atoms with Crippen LogP contribution in [0.3, 0.4) is 0 Å². The van der Waals surface area contributed by atoms with E-state index in [4.69, 9.17) is 16.3 Å². The first-order valence-corrected chi connectivity index (χ1v) is 10.1. The molecule has 13 heteroatoms. The van der Waals surface area contributed by atoms with Gasteiger partial charge in [0.15, 0.2) is 10.8 Å². The molecule has 1 saturated heterocycles. The van der Waals surface area contributed by atoms with Gasteiger partial charge in [0.05, 0.1) is 0 Å². The van der Waals surface area contributed by atoms with Crippen molar-refractivity contribution in [1.82, 2.24) is 15.2 Å². The van der Waals surface area contributed by atoms with E-state index in [1.54, 1.807) is 12.3 Å². The minimum atomic E-state index is -1.22. The van der Waals surface area contributed by atoms with E-state index in [1.807, 2.05) is 0 Å². The van der Waals surface area contributed by atoms with Crippen molar-refractivity contribution in [3.05, 3.63) is 22.8 Å². The average Bonchev–Trinajstić information content (AvgIpc) is 3.10. The Kier molecular flexibility index (Phi) is 5.86. The van der Waals surface area contributed by atoms with Crippen LogP contribution in [0.2, 0.25) is 0 Å². The van der Waals surface area contributed by atoms with Gasteiger partial charge in [0.25, 0.3) is 11.8 Å². The van der Waals surface area contributed by atoms with Crippen molar-refractivity contribution < 1.29 is 24.3 Å². The number of carboxylic acid groups (broad SMARTS) is 1. The van der Waals surface area contributed by atoms with E-state index in [-0.39, 0.29) is 40.6 Å². The van der Waals surface area contributed by atoms with Crippen LogP contribution in [-0.4, -0.2) is 68.3 Å². The van der Waals surface area contributed by atoms with Gasteiger partial charge in [0.2, 0.25) is 0 Å². The highest BCUT2D eigenvalue weighted by Gasteiger charge is 2.54. The number of aliphatic carboxylic acids is 1. The molecule has 1 aromatic heterocycles. The fourth-order valence-electron chi connectivity index (χ4n) is 2.70. The molecule has 1 fully saturated rings. The number of nitrogens with one attached hydrogen (secondary N) is 1. The summed E-state index contributed by atoms with van der Waals surface area (Å²) >= 11 is 2.44. The molecule has 28 heavy (non-hydrogen) atoms. The highest BCUT2D eigenvalue weighted by Crippen LogP contribution is 2.40. The molecule has 2 aliphatic rings. The number of fused-ring (bicyclic) bond motifs is 1. The topological polar surface area (TPSA) is 173 Å². The summed E-state index contributed by atoms with van der Waals surface area (Å²) in [6.07, 6.45) is 1.44. The number of thiazole rings is 1. The second kappa shape index (κ2) is 8.16. The minimum Gasteiger partial charge on any atom is -0.477 e. The van der Waals surface area contributed by atoms with Crippen LogP contribution < -0.4 is 16.8 Å². The smallest absolute Gasteiger partial charge is 0.352 e. The van der Waals surface area contributed by atoms with E-state index in [0.717, 1.165) is 16.2 Å². The summed E-state index contributed by atoms with van der Waals surface area (Å²) < 4.78 is 0. The lowest BCUT2D eigenvalue weighted by molar-refractivity contribution is -0.150. The Morgan fingerprint density at radius 1 is 1.50 bits per heavy atom. The second-order valence-electron chi connectivity index (χ2n) is 5.75. The Labute approximate surface area is 167 Å². The third kappa shape index (κ3) is 3.68. The van der Waals surface area contributed by atoms with E-state index in [1.165, 1.54) is 17.8 Å². The van der Waals surface area contributed by atoms with Gasteiger partial charge in [-0.3, -0.25) is 14.5 Å². The number of rotatable bonds is 7. The summed E-state index contributed by atoms with van der Waals surface area (Å²) in [7, 11) is 0. The monoisotopic (exact) mass is 426 g/mol. The molecule has 0 aromatic carbocycles. The molecule has 0 bridgehead atoms. The molecule has 0 radical (unpaired) electrons. The number of aromatic nitrogens is 1. The number of nitrogens with two attached hydrogens (primary N) is 2. The van der Waals surface area contributed by atoms with Crippen molar-refractivity contribution >= 4 is 51.7 Å². The fraction of sp³-hybridized carbons (Fsp3) is 0.400. The number of thioether (sulfide) groups is 1. The molecule has 3 atom stereocenters. The number of β-lactam (4-membered cyclic amide) rings is 1. The quantitative estimate of drug-likeness (QED) is 0.246. The molecule has 6 N–H and O–H groups in total. The van der Waals surface area contributed by atoms with Gasteiger partial charge in [-0.1, -0.05) is 5.16 Å². The third-order valence-corrected chi connectivity index (χ3v) is 6.08. The number of oxime groups is 1. The number of nitrogens with zero attached hydrogens (tertiary/aromatic N) is 3. The zero-order chi connectivity index (χ0) is 20.4. The largest absolute Gasteiger partial charge is 0.477 e. The summed E-state index contributed by atoms with van der Waals surface area (Å²) in [5.74, 6) is -2.42. The summed E-state index contributed by atoms with van der Waals surface area (Å²) in [5, 5.41) is 16.6. The van der Waals surface area contributed by atoms with Gasteiger partial charge < -0.3 is 26.7 Å². The van der Waals surface area contributed by atoms with Crippen LogP contribution in [0.25, 0.3) is 0 Å². The van der Waals surface area contributed by atoms with Crippen LogP contribution in [0.15, 0.2) is 22.3 Å². The maximum Gasteiger partial charge on any atom is 0.352 e. The zero-order valence-electron chi connectivity index (χ0n) is 14.7. The summed E-state index contributed by atoms with van der Waals surface area (Å²) in [6, 6.07) is -0.919. The number of carbonyl (C=O) groups excluding carboxylic acids is 2. The molecule has 2 unspecified atom stereocenters. The highest BCUT2D eigenvalue weighted by molar-refractivity contribution is 8.00. The van der Waals surface area contributed by atoms with Crippen molar-refractivity contribution in [2.45, 2.75) is 23.6 Å². The summed E-state index contributed by atoms with van der Waals surface area (Å²) in [5.41, 5.74) is 11.2. The van der Waals surface area contributed by atoms with Crippen molar-refractivity contribution in [3.8, 4) is 0 Å². The van der Waals surface area contributed by atoms with Crippen LogP contribution in [0.1, 0.15) is 12.6 Å². The molecule has 3 heterocycles. The third-order valence-electron chi connectivity index (χ3n) is 3.96. The zero-order valence-corrected chi connectivity index (χ0v) is 16.3. The number of anilines is 1. The molecule has 0 aliphatic carbocycles. The lowest BCUT2D eigenvalue weighted by Gasteiger charge is -2.49. The first-order valence-electron chi connectivity index (χ1n) is 8.23. The van der Waals surface area contributed by atoms with Crippen molar-refractivity contribution in [2.24, 2.45) is 10.9 Å². The number of amides is 2. The number of hydrogen-bond acceptors (Lipinski definition) is 10. The van der Waals surface area contributed by atoms with E-state index >= 15 is 0 Å². The van der Waals surface area contributed by atoms with E-state index in [9.17, 15) is 19.5 Å². The number of nitrogen functional groups attached to an aromatic ring is 1. The van der Waals surface area contributed by atoms with Crippen LogP contribution >= 0.6 is 23.1 Å². The molecule has 11 nitrogen and oxygen atoms in total. The van der Waals surface area contributed by atoms with Gasteiger partial charge in [-0.15, -0.1) is 23.1 Å². The first-order chi connectivity index (χ1) is 13.4. The molecule has 2 amide bonds.